The van der Waals surface area contributed by atoms with Crippen molar-refractivity contribution in [2.75, 3.05) is 18.4 Å². The number of nitrogens with one attached hydrogen (secondary N) is 2. The molecule has 4 nitrogen and oxygen atoms in total. The van der Waals surface area contributed by atoms with Gasteiger partial charge in [-0.2, -0.15) is 0 Å². The van der Waals surface area contributed by atoms with Crippen molar-refractivity contribution >= 4 is 28.8 Å². The minimum Gasteiger partial charge on any atom is -0.360 e. The Morgan fingerprint density at radius 1 is 1.23 bits per heavy atom. The van der Waals surface area contributed by atoms with Gasteiger partial charge >= 0.3 is 0 Å². The SMILES string of the molecule is CC(=O)c1ccc(NC(=S)NC2CCN(C(C)C)CC2)cc1. The van der Waals surface area contributed by atoms with E-state index in [-0.39, 0.29) is 5.78 Å². The zero-order chi connectivity index (χ0) is 16.1. The van der Waals surface area contributed by atoms with Crippen LogP contribution in [0.3, 0.4) is 0 Å². The molecule has 120 valence electrons. The van der Waals surface area contributed by atoms with E-state index in [9.17, 15) is 4.79 Å². The minimum absolute atomic E-state index is 0.0733. The molecule has 2 rings (SSSR count). The van der Waals surface area contributed by atoms with Gasteiger partial charge in [-0.05, 0) is 70.1 Å². The normalized spacial score (nSPS) is 16.5. The molecule has 0 spiro atoms. The Labute approximate surface area is 138 Å². The van der Waals surface area contributed by atoms with Gasteiger partial charge in [-0.1, -0.05) is 0 Å². The lowest BCUT2D eigenvalue weighted by atomic mass is 10.0. The maximum Gasteiger partial charge on any atom is 0.170 e. The molecule has 5 heteroatoms. The van der Waals surface area contributed by atoms with Crippen LogP contribution in [0.5, 0.6) is 0 Å². The van der Waals surface area contributed by atoms with Gasteiger partial charge < -0.3 is 15.5 Å². The molecule has 1 aliphatic heterocycles. The monoisotopic (exact) mass is 319 g/mol. The average molecular weight is 319 g/mol. The smallest absolute Gasteiger partial charge is 0.170 e. The Kier molecular flexibility index (Phi) is 5.91. The zero-order valence-corrected chi connectivity index (χ0v) is 14.4. The highest BCUT2D eigenvalue weighted by molar-refractivity contribution is 7.80. The second kappa shape index (κ2) is 7.70. The Morgan fingerprint density at radius 3 is 2.32 bits per heavy atom. The number of nitrogens with zero attached hydrogens (tertiary/aromatic N) is 1. The number of carbonyl (C=O) groups excluding carboxylic acids is 1. The van der Waals surface area contributed by atoms with Crippen molar-refractivity contribution in [1.29, 1.82) is 0 Å². The molecule has 0 atom stereocenters. The van der Waals surface area contributed by atoms with Crippen molar-refractivity contribution in [3.63, 3.8) is 0 Å². The average Bonchev–Trinajstić information content (AvgIpc) is 2.48. The maximum absolute atomic E-state index is 11.3. The van der Waals surface area contributed by atoms with Crippen molar-refractivity contribution in [3.8, 4) is 0 Å². The summed E-state index contributed by atoms with van der Waals surface area (Å²) in [6.07, 6.45) is 2.23. The van der Waals surface area contributed by atoms with E-state index in [2.05, 4.69) is 29.4 Å². The first-order valence-corrected chi connectivity index (χ1v) is 8.29. The standard InChI is InChI=1S/C17H25N3OS/c1-12(2)20-10-8-16(9-11-20)19-17(22)18-15-6-4-14(5-7-15)13(3)21/h4-7,12,16H,8-11H2,1-3H3,(H2,18,19,22). The van der Waals surface area contributed by atoms with Gasteiger partial charge in [0.2, 0.25) is 0 Å². The van der Waals surface area contributed by atoms with Crippen molar-refractivity contribution < 1.29 is 4.79 Å². The van der Waals surface area contributed by atoms with E-state index in [1.54, 1.807) is 6.92 Å². The molecule has 1 saturated heterocycles. The lowest BCUT2D eigenvalue weighted by Crippen LogP contribution is -2.47. The molecule has 1 aromatic carbocycles. The number of Topliss-reactive ketones (excluding diaryl/α,β-unsaturated/α-hetero) is 1. The number of rotatable bonds is 4. The molecule has 0 radical (unpaired) electrons. The van der Waals surface area contributed by atoms with Crippen LogP contribution in [0.15, 0.2) is 24.3 Å². The number of ketones is 1. The number of piperidine rings is 1. The van der Waals surface area contributed by atoms with Crippen molar-refractivity contribution in [3.05, 3.63) is 29.8 Å². The number of likely N-dealkylation sites (tertiary alicyclic amines) is 1. The van der Waals surface area contributed by atoms with Crippen LogP contribution in [0.4, 0.5) is 5.69 Å². The van der Waals surface area contributed by atoms with Crippen LogP contribution in [0.25, 0.3) is 0 Å². The second-order valence-electron chi connectivity index (χ2n) is 6.14. The van der Waals surface area contributed by atoms with Crippen LogP contribution < -0.4 is 10.6 Å². The zero-order valence-electron chi connectivity index (χ0n) is 13.6. The number of hydrogen-bond donors (Lipinski definition) is 2. The van der Waals surface area contributed by atoms with Gasteiger partial charge in [0.1, 0.15) is 0 Å². The van der Waals surface area contributed by atoms with Crippen LogP contribution in [0, 0.1) is 0 Å². The highest BCUT2D eigenvalue weighted by Gasteiger charge is 2.21. The molecule has 22 heavy (non-hydrogen) atoms. The third-order valence-electron chi connectivity index (χ3n) is 4.14. The van der Waals surface area contributed by atoms with Crippen molar-refractivity contribution in [2.24, 2.45) is 0 Å². The third kappa shape index (κ3) is 4.78. The summed E-state index contributed by atoms with van der Waals surface area (Å²) >= 11 is 5.38. The Bertz CT molecular complexity index is 519. The van der Waals surface area contributed by atoms with Gasteiger partial charge in [-0.25, -0.2) is 0 Å². The van der Waals surface area contributed by atoms with Crippen LogP contribution in [0.1, 0.15) is 44.0 Å². The number of benzene rings is 1. The molecule has 0 unspecified atom stereocenters. The largest absolute Gasteiger partial charge is 0.360 e. The van der Waals surface area contributed by atoms with E-state index in [0.29, 0.717) is 22.8 Å². The maximum atomic E-state index is 11.3. The molecular weight excluding hydrogens is 294 g/mol. The predicted octanol–water partition coefficient (Wildman–Crippen LogP) is 3.05. The van der Waals surface area contributed by atoms with Gasteiger partial charge in [-0.15, -0.1) is 0 Å². The van der Waals surface area contributed by atoms with Gasteiger partial charge in [0.05, 0.1) is 0 Å². The number of carbonyl (C=O) groups is 1. The van der Waals surface area contributed by atoms with E-state index in [4.69, 9.17) is 12.2 Å². The first-order chi connectivity index (χ1) is 10.5. The summed E-state index contributed by atoms with van der Waals surface area (Å²) in [5.41, 5.74) is 1.62. The highest BCUT2D eigenvalue weighted by Crippen LogP contribution is 2.14. The Hall–Kier alpha value is -1.46. The van der Waals surface area contributed by atoms with Gasteiger partial charge in [0.25, 0.3) is 0 Å². The molecule has 0 saturated carbocycles. The number of hydrogen-bond acceptors (Lipinski definition) is 3. The summed E-state index contributed by atoms with van der Waals surface area (Å²) in [5.74, 6) is 0.0733. The van der Waals surface area contributed by atoms with E-state index in [1.807, 2.05) is 24.3 Å². The lowest BCUT2D eigenvalue weighted by molar-refractivity contribution is 0.101. The molecule has 0 amide bonds. The molecule has 1 fully saturated rings. The highest BCUT2D eigenvalue weighted by atomic mass is 32.1. The molecule has 1 heterocycles. The molecule has 2 N–H and O–H groups in total. The summed E-state index contributed by atoms with van der Waals surface area (Å²) < 4.78 is 0. The molecular formula is C17H25N3OS. The molecule has 1 aromatic rings. The first kappa shape index (κ1) is 16.9. The van der Waals surface area contributed by atoms with Gasteiger partial charge in [-0.3, -0.25) is 4.79 Å². The van der Waals surface area contributed by atoms with Gasteiger partial charge in [0.15, 0.2) is 10.9 Å². The fourth-order valence-corrected chi connectivity index (χ4v) is 2.99. The van der Waals surface area contributed by atoms with Crippen LogP contribution in [0.2, 0.25) is 0 Å². The second-order valence-corrected chi connectivity index (χ2v) is 6.54. The fourth-order valence-electron chi connectivity index (χ4n) is 2.70. The van der Waals surface area contributed by atoms with E-state index < -0.39 is 0 Å². The summed E-state index contributed by atoms with van der Waals surface area (Å²) in [6.45, 7) is 8.28. The van der Waals surface area contributed by atoms with Crippen LogP contribution in [-0.4, -0.2) is 41.0 Å². The fraction of sp³-hybridized carbons (Fsp3) is 0.529. The Balaban J connectivity index is 1.80. The van der Waals surface area contributed by atoms with E-state index >= 15 is 0 Å². The predicted molar refractivity (Wildman–Crippen MR) is 95.5 cm³/mol. The van der Waals surface area contributed by atoms with E-state index in [1.165, 1.54) is 0 Å². The summed E-state index contributed by atoms with van der Waals surface area (Å²) in [7, 11) is 0. The lowest BCUT2D eigenvalue weighted by Gasteiger charge is -2.35. The summed E-state index contributed by atoms with van der Waals surface area (Å²) in [5, 5.41) is 7.23. The number of anilines is 1. The van der Waals surface area contributed by atoms with Crippen molar-refractivity contribution in [1.82, 2.24) is 10.2 Å². The topological polar surface area (TPSA) is 44.4 Å². The third-order valence-corrected chi connectivity index (χ3v) is 4.36. The molecule has 0 bridgehead atoms. The number of thiocarbonyl (C=S) groups is 1. The van der Waals surface area contributed by atoms with Crippen LogP contribution in [-0.2, 0) is 0 Å². The Morgan fingerprint density at radius 2 is 1.82 bits per heavy atom. The molecule has 0 aliphatic carbocycles. The quantitative estimate of drug-likeness (QED) is 0.660. The van der Waals surface area contributed by atoms with Crippen LogP contribution >= 0.6 is 12.2 Å². The molecule has 0 aromatic heterocycles. The van der Waals surface area contributed by atoms with E-state index in [0.717, 1.165) is 31.6 Å². The summed E-state index contributed by atoms with van der Waals surface area (Å²) in [6, 6.07) is 8.44. The van der Waals surface area contributed by atoms with Gasteiger partial charge in [0, 0.05) is 36.4 Å². The molecule has 1 aliphatic rings. The summed E-state index contributed by atoms with van der Waals surface area (Å²) in [4.78, 5) is 13.7. The first-order valence-electron chi connectivity index (χ1n) is 7.88. The minimum atomic E-state index is 0.0733. The van der Waals surface area contributed by atoms with Crippen molar-refractivity contribution in [2.45, 2.75) is 45.7 Å².